The molecule has 0 radical (unpaired) electrons. The summed E-state index contributed by atoms with van der Waals surface area (Å²) in [6.07, 6.45) is 0.839. The second-order valence-electron chi connectivity index (χ2n) is 4.87. The van der Waals surface area contributed by atoms with E-state index in [1.165, 1.54) is 16.8 Å². The molecule has 0 heterocycles. The Bertz CT molecular complexity index is 586. The van der Waals surface area contributed by atoms with Crippen molar-refractivity contribution in [2.75, 3.05) is 11.9 Å². The Morgan fingerprint density at radius 3 is 2.20 bits per heavy atom. The molecule has 0 aliphatic heterocycles. The summed E-state index contributed by atoms with van der Waals surface area (Å²) in [5.41, 5.74) is 4.86. The Labute approximate surface area is 118 Å². The molecule has 0 aromatic heterocycles. The van der Waals surface area contributed by atoms with Gasteiger partial charge in [-0.25, -0.2) is 0 Å². The Balaban J connectivity index is 1.94. The van der Waals surface area contributed by atoms with Crippen LogP contribution in [0.25, 0.3) is 0 Å². The molecule has 0 spiro atoms. The number of rotatable bonds is 5. The summed E-state index contributed by atoms with van der Waals surface area (Å²) in [6, 6.07) is 12.9. The minimum atomic E-state index is -0.376. The highest BCUT2D eigenvalue weighted by Crippen LogP contribution is 2.19. The molecule has 0 saturated heterocycles. The molecule has 0 atom stereocenters. The number of nitro benzene ring substituents is 1. The average molecular weight is 270 g/mol. The molecule has 2 aromatic rings. The minimum absolute atomic E-state index is 0.136. The van der Waals surface area contributed by atoms with Crippen LogP contribution in [0.1, 0.15) is 16.7 Å². The Hall–Kier alpha value is -2.36. The molecule has 0 saturated carbocycles. The van der Waals surface area contributed by atoms with Crippen LogP contribution in [0.5, 0.6) is 0 Å². The third-order valence-electron chi connectivity index (χ3n) is 3.34. The lowest BCUT2D eigenvalue weighted by Crippen LogP contribution is -2.07. The van der Waals surface area contributed by atoms with Crippen molar-refractivity contribution >= 4 is 11.4 Å². The van der Waals surface area contributed by atoms with E-state index in [1.807, 2.05) is 18.2 Å². The summed E-state index contributed by atoms with van der Waals surface area (Å²) in [5.74, 6) is 0. The zero-order valence-electron chi connectivity index (χ0n) is 11.7. The fourth-order valence-electron chi connectivity index (χ4n) is 2.21. The predicted octanol–water partition coefficient (Wildman–Crippen LogP) is 3.87. The highest BCUT2D eigenvalue weighted by Gasteiger charge is 2.04. The average Bonchev–Trinajstić information content (AvgIpc) is 2.42. The Morgan fingerprint density at radius 2 is 1.65 bits per heavy atom. The lowest BCUT2D eigenvalue weighted by Gasteiger charge is -2.12. The van der Waals surface area contributed by atoms with Crippen LogP contribution in [0.2, 0.25) is 0 Å². The second kappa shape index (κ2) is 6.19. The number of benzene rings is 2. The van der Waals surface area contributed by atoms with E-state index in [2.05, 4.69) is 31.3 Å². The SMILES string of the molecule is Cc1cccc(C)c1NCCc1ccc([N+](=O)[O-])cc1. The normalized spacial score (nSPS) is 10.3. The van der Waals surface area contributed by atoms with Gasteiger partial charge in [-0.15, -0.1) is 0 Å². The van der Waals surface area contributed by atoms with Crippen molar-refractivity contribution in [2.24, 2.45) is 0 Å². The molecule has 0 fully saturated rings. The summed E-state index contributed by atoms with van der Waals surface area (Å²) in [5, 5.41) is 14.0. The molecule has 0 aliphatic carbocycles. The fourth-order valence-corrected chi connectivity index (χ4v) is 2.21. The van der Waals surface area contributed by atoms with E-state index < -0.39 is 0 Å². The maximum atomic E-state index is 10.6. The first-order valence-corrected chi connectivity index (χ1v) is 6.61. The maximum absolute atomic E-state index is 10.6. The van der Waals surface area contributed by atoms with Crippen molar-refractivity contribution in [2.45, 2.75) is 20.3 Å². The lowest BCUT2D eigenvalue weighted by atomic mass is 10.1. The van der Waals surface area contributed by atoms with Crippen LogP contribution < -0.4 is 5.32 Å². The number of aryl methyl sites for hydroxylation is 2. The number of hydrogen-bond donors (Lipinski definition) is 1. The molecule has 0 amide bonds. The number of para-hydroxylation sites is 1. The number of nitrogens with one attached hydrogen (secondary N) is 1. The second-order valence-corrected chi connectivity index (χ2v) is 4.87. The van der Waals surface area contributed by atoms with Gasteiger partial charge in [-0.3, -0.25) is 10.1 Å². The molecule has 20 heavy (non-hydrogen) atoms. The highest BCUT2D eigenvalue weighted by atomic mass is 16.6. The summed E-state index contributed by atoms with van der Waals surface area (Å²) in [7, 11) is 0. The van der Waals surface area contributed by atoms with Gasteiger partial charge in [-0.2, -0.15) is 0 Å². The molecular formula is C16H18N2O2. The van der Waals surface area contributed by atoms with Gasteiger partial charge < -0.3 is 5.32 Å². The quantitative estimate of drug-likeness (QED) is 0.663. The van der Waals surface area contributed by atoms with Crippen molar-refractivity contribution in [1.29, 1.82) is 0 Å². The van der Waals surface area contributed by atoms with Gasteiger partial charge in [0, 0.05) is 24.4 Å². The number of non-ortho nitro benzene ring substituents is 1. The molecule has 0 bridgehead atoms. The van der Waals surface area contributed by atoms with Crippen LogP contribution in [-0.4, -0.2) is 11.5 Å². The smallest absolute Gasteiger partial charge is 0.269 e. The zero-order chi connectivity index (χ0) is 14.5. The van der Waals surface area contributed by atoms with Crippen LogP contribution in [0.4, 0.5) is 11.4 Å². The van der Waals surface area contributed by atoms with Gasteiger partial charge in [0.25, 0.3) is 5.69 Å². The highest BCUT2D eigenvalue weighted by molar-refractivity contribution is 5.56. The lowest BCUT2D eigenvalue weighted by molar-refractivity contribution is -0.384. The van der Waals surface area contributed by atoms with Crippen molar-refractivity contribution in [1.82, 2.24) is 0 Å². The zero-order valence-corrected chi connectivity index (χ0v) is 11.7. The topological polar surface area (TPSA) is 55.2 Å². The Kier molecular flexibility index (Phi) is 4.35. The monoisotopic (exact) mass is 270 g/mol. The van der Waals surface area contributed by atoms with Gasteiger partial charge in [-0.05, 0) is 37.0 Å². The van der Waals surface area contributed by atoms with E-state index in [-0.39, 0.29) is 10.6 Å². The van der Waals surface area contributed by atoms with Crippen LogP contribution >= 0.6 is 0 Å². The summed E-state index contributed by atoms with van der Waals surface area (Å²) in [4.78, 5) is 10.2. The van der Waals surface area contributed by atoms with E-state index in [0.29, 0.717) is 0 Å². The van der Waals surface area contributed by atoms with Gasteiger partial charge in [0.2, 0.25) is 0 Å². The van der Waals surface area contributed by atoms with Crippen LogP contribution in [0.3, 0.4) is 0 Å². The number of nitrogens with zero attached hydrogens (tertiary/aromatic N) is 1. The van der Waals surface area contributed by atoms with E-state index >= 15 is 0 Å². The minimum Gasteiger partial charge on any atom is -0.384 e. The molecular weight excluding hydrogens is 252 g/mol. The van der Waals surface area contributed by atoms with E-state index in [1.54, 1.807) is 12.1 Å². The van der Waals surface area contributed by atoms with Crippen molar-refractivity contribution in [3.8, 4) is 0 Å². The van der Waals surface area contributed by atoms with Crippen molar-refractivity contribution < 1.29 is 4.92 Å². The van der Waals surface area contributed by atoms with E-state index in [0.717, 1.165) is 18.5 Å². The molecule has 2 aromatic carbocycles. The standard InChI is InChI=1S/C16H18N2O2/c1-12-4-3-5-13(2)16(12)17-11-10-14-6-8-15(9-7-14)18(19)20/h3-9,17H,10-11H2,1-2H3. The van der Waals surface area contributed by atoms with Gasteiger partial charge in [-0.1, -0.05) is 30.3 Å². The van der Waals surface area contributed by atoms with E-state index in [9.17, 15) is 10.1 Å². The van der Waals surface area contributed by atoms with Crippen LogP contribution in [0, 0.1) is 24.0 Å². The molecule has 4 nitrogen and oxygen atoms in total. The number of nitro groups is 1. The maximum Gasteiger partial charge on any atom is 0.269 e. The third kappa shape index (κ3) is 3.35. The third-order valence-corrected chi connectivity index (χ3v) is 3.34. The summed E-state index contributed by atoms with van der Waals surface area (Å²) < 4.78 is 0. The fraction of sp³-hybridized carbons (Fsp3) is 0.250. The molecule has 1 N–H and O–H groups in total. The summed E-state index contributed by atoms with van der Waals surface area (Å²) in [6.45, 7) is 4.98. The largest absolute Gasteiger partial charge is 0.384 e. The molecule has 4 heteroatoms. The Morgan fingerprint density at radius 1 is 1.05 bits per heavy atom. The van der Waals surface area contributed by atoms with Gasteiger partial charge in [0.1, 0.15) is 0 Å². The first-order chi connectivity index (χ1) is 9.58. The van der Waals surface area contributed by atoms with Gasteiger partial charge in [0.15, 0.2) is 0 Å². The first kappa shape index (κ1) is 14.1. The van der Waals surface area contributed by atoms with Gasteiger partial charge in [0.05, 0.1) is 4.92 Å². The van der Waals surface area contributed by atoms with Crippen molar-refractivity contribution in [3.63, 3.8) is 0 Å². The van der Waals surface area contributed by atoms with Crippen LogP contribution in [0.15, 0.2) is 42.5 Å². The van der Waals surface area contributed by atoms with Crippen LogP contribution in [-0.2, 0) is 6.42 Å². The molecule has 0 unspecified atom stereocenters. The van der Waals surface area contributed by atoms with Gasteiger partial charge >= 0.3 is 0 Å². The molecule has 104 valence electrons. The predicted molar refractivity (Wildman–Crippen MR) is 81.2 cm³/mol. The van der Waals surface area contributed by atoms with E-state index in [4.69, 9.17) is 0 Å². The molecule has 0 aliphatic rings. The number of hydrogen-bond acceptors (Lipinski definition) is 3. The van der Waals surface area contributed by atoms with Crippen molar-refractivity contribution in [3.05, 3.63) is 69.3 Å². The first-order valence-electron chi connectivity index (χ1n) is 6.61. The summed E-state index contributed by atoms with van der Waals surface area (Å²) >= 11 is 0. The number of anilines is 1. The molecule has 2 rings (SSSR count).